The highest BCUT2D eigenvalue weighted by molar-refractivity contribution is 6.42. The molecule has 0 aliphatic carbocycles. The quantitative estimate of drug-likeness (QED) is 0.924. The van der Waals surface area contributed by atoms with Crippen molar-refractivity contribution in [3.05, 3.63) is 51.9 Å². The van der Waals surface area contributed by atoms with Crippen LogP contribution in [0.2, 0.25) is 10.0 Å². The topological polar surface area (TPSA) is 48.4 Å². The minimum Gasteiger partial charge on any atom is -0.484 e. The summed E-state index contributed by atoms with van der Waals surface area (Å²) in [6.45, 7) is 0.738. The van der Waals surface area contributed by atoms with Crippen LogP contribution in [0.3, 0.4) is 0 Å². The minimum atomic E-state index is 0.292. The molecule has 1 heterocycles. The van der Waals surface area contributed by atoms with Crippen LogP contribution >= 0.6 is 23.2 Å². The van der Waals surface area contributed by atoms with Crippen LogP contribution in [-0.4, -0.2) is 0 Å². The van der Waals surface area contributed by atoms with Crippen LogP contribution < -0.4 is 10.5 Å². The maximum absolute atomic E-state index is 5.98. The summed E-state index contributed by atoms with van der Waals surface area (Å²) in [6.07, 6.45) is 1.61. The maximum atomic E-state index is 5.98. The molecule has 2 rings (SSSR count). The van der Waals surface area contributed by atoms with Crippen molar-refractivity contribution < 1.29 is 9.15 Å². The molecule has 90 valence electrons. The van der Waals surface area contributed by atoms with Gasteiger partial charge >= 0.3 is 0 Å². The Morgan fingerprint density at radius 2 is 2.12 bits per heavy atom. The van der Waals surface area contributed by atoms with E-state index in [1.54, 1.807) is 24.5 Å². The summed E-state index contributed by atoms with van der Waals surface area (Å²) in [5, 5.41) is 0.867. The Morgan fingerprint density at radius 1 is 1.29 bits per heavy atom. The number of nitrogens with two attached hydrogens (primary N) is 1. The summed E-state index contributed by atoms with van der Waals surface area (Å²) in [7, 11) is 0. The predicted molar refractivity (Wildman–Crippen MR) is 67.4 cm³/mol. The Labute approximate surface area is 109 Å². The van der Waals surface area contributed by atoms with Gasteiger partial charge in [-0.15, -0.1) is 0 Å². The standard InChI is InChI=1S/C12H11Cl2NO2/c13-10-2-1-3-11(12(10)14)17-7-9-4-8(5-15)6-16-9/h1-4,6H,5,7,15H2. The lowest BCUT2D eigenvalue weighted by molar-refractivity contribution is 0.270. The first-order chi connectivity index (χ1) is 8.20. The van der Waals surface area contributed by atoms with Crippen molar-refractivity contribution >= 4 is 23.2 Å². The smallest absolute Gasteiger partial charge is 0.146 e. The van der Waals surface area contributed by atoms with Crippen molar-refractivity contribution in [2.45, 2.75) is 13.2 Å². The molecule has 3 nitrogen and oxygen atoms in total. The van der Waals surface area contributed by atoms with E-state index in [9.17, 15) is 0 Å². The third kappa shape index (κ3) is 2.94. The van der Waals surface area contributed by atoms with Gasteiger partial charge in [-0.2, -0.15) is 0 Å². The Bertz CT molecular complexity index is 511. The lowest BCUT2D eigenvalue weighted by atomic mass is 10.3. The van der Waals surface area contributed by atoms with Crippen LogP contribution in [0.5, 0.6) is 5.75 Å². The predicted octanol–water partition coefficient (Wildman–Crippen LogP) is 3.62. The molecule has 0 spiro atoms. The van der Waals surface area contributed by atoms with Gasteiger partial charge in [0.1, 0.15) is 23.1 Å². The van der Waals surface area contributed by atoms with E-state index in [-0.39, 0.29) is 0 Å². The SMILES string of the molecule is NCc1coc(COc2cccc(Cl)c2Cl)c1. The van der Waals surface area contributed by atoms with Crippen molar-refractivity contribution in [3.8, 4) is 5.75 Å². The van der Waals surface area contributed by atoms with Gasteiger partial charge in [0.2, 0.25) is 0 Å². The summed E-state index contributed by atoms with van der Waals surface area (Å²) < 4.78 is 10.8. The normalized spacial score (nSPS) is 10.5. The number of ether oxygens (including phenoxy) is 1. The van der Waals surface area contributed by atoms with Gasteiger partial charge in [-0.25, -0.2) is 0 Å². The molecule has 2 aromatic rings. The maximum Gasteiger partial charge on any atom is 0.146 e. The summed E-state index contributed by atoms with van der Waals surface area (Å²) in [4.78, 5) is 0. The fraction of sp³-hybridized carbons (Fsp3) is 0.167. The van der Waals surface area contributed by atoms with Crippen LogP contribution in [0.25, 0.3) is 0 Å². The summed E-state index contributed by atoms with van der Waals surface area (Å²) in [5.74, 6) is 1.23. The Kier molecular flexibility index (Phi) is 3.94. The van der Waals surface area contributed by atoms with Gasteiger partial charge in [0.25, 0.3) is 0 Å². The molecule has 0 saturated carbocycles. The van der Waals surface area contributed by atoms with E-state index in [1.165, 1.54) is 0 Å². The van der Waals surface area contributed by atoms with Crippen molar-refractivity contribution in [3.63, 3.8) is 0 Å². The van der Waals surface area contributed by atoms with Gasteiger partial charge in [0.05, 0.1) is 11.3 Å². The lowest BCUT2D eigenvalue weighted by Crippen LogP contribution is -1.95. The molecular weight excluding hydrogens is 261 g/mol. The van der Waals surface area contributed by atoms with E-state index in [0.717, 1.165) is 5.56 Å². The van der Waals surface area contributed by atoms with E-state index in [2.05, 4.69) is 0 Å². The minimum absolute atomic E-state index is 0.292. The zero-order chi connectivity index (χ0) is 12.3. The molecule has 0 unspecified atom stereocenters. The van der Waals surface area contributed by atoms with Crippen LogP contribution in [0, 0.1) is 0 Å². The van der Waals surface area contributed by atoms with Crippen LogP contribution in [0.15, 0.2) is 34.9 Å². The molecule has 0 amide bonds. The molecular formula is C12H11Cl2NO2. The van der Waals surface area contributed by atoms with Crippen LogP contribution in [-0.2, 0) is 13.2 Å². The molecule has 2 N–H and O–H groups in total. The summed E-state index contributed by atoms with van der Waals surface area (Å²) >= 11 is 11.9. The molecule has 0 aliphatic heterocycles. The fourth-order valence-corrected chi connectivity index (χ4v) is 1.70. The largest absolute Gasteiger partial charge is 0.484 e. The molecule has 1 aromatic carbocycles. The molecule has 5 heteroatoms. The first kappa shape index (κ1) is 12.3. The number of hydrogen-bond donors (Lipinski definition) is 1. The van der Waals surface area contributed by atoms with E-state index < -0.39 is 0 Å². The van der Waals surface area contributed by atoms with Gasteiger partial charge in [-0.3, -0.25) is 0 Å². The third-order valence-corrected chi connectivity index (χ3v) is 3.03. The highest BCUT2D eigenvalue weighted by Gasteiger charge is 2.07. The molecule has 1 aromatic heterocycles. The van der Waals surface area contributed by atoms with Gasteiger partial charge in [-0.1, -0.05) is 29.3 Å². The van der Waals surface area contributed by atoms with Gasteiger partial charge < -0.3 is 14.9 Å². The number of benzene rings is 1. The molecule has 0 radical (unpaired) electrons. The molecule has 17 heavy (non-hydrogen) atoms. The second kappa shape index (κ2) is 5.45. The van der Waals surface area contributed by atoms with E-state index in [1.807, 2.05) is 6.07 Å². The van der Waals surface area contributed by atoms with Gasteiger partial charge in [-0.05, 0) is 18.2 Å². The number of hydrogen-bond acceptors (Lipinski definition) is 3. The third-order valence-electron chi connectivity index (χ3n) is 2.23. The number of furan rings is 1. The molecule has 0 atom stereocenters. The van der Waals surface area contributed by atoms with E-state index in [4.69, 9.17) is 38.1 Å². The lowest BCUT2D eigenvalue weighted by Gasteiger charge is -2.06. The zero-order valence-corrected chi connectivity index (χ0v) is 10.5. The fourth-order valence-electron chi connectivity index (χ4n) is 1.35. The Hall–Kier alpha value is -1.16. The molecule has 0 saturated heterocycles. The van der Waals surface area contributed by atoms with Crippen molar-refractivity contribution in [2.75, 3.05) is 0 Å². The monoisotopic (exact) mass is 271 g/mol. The first-order valence-electron chi connectivity index (χ1n) is 5.04. The summed E-state index contributed by atoms with van der Waals surface area (Å²) in [5.41, 5.74) is 6.41. The first-order valence-corrected chi connectivity index (χ1v) is 5.79. The van der Waals surface area contributed by atoms with Crippen molar-refractivity contribution in [1.82, 2.24) is 0 Å². The van der Waals surface area contributed by atoms with Crippen LogP contribution in [0.4, 0.5) is 0 Å². The average molecular weight is 272 g/mol. The molecule has 0 aliphatic rings. The van der Waals surface area contributed by atoms with E-state index >= 15 is 0 Å². The molecule has 0 bridgehead atoms. The van der Waals surface area contributed by atoms with E-state index in [0.29, 0.717) is 34.7 Å². The van der Waals surface area contributed by atoms with Crippen LogP contribution in [0.1, 0.15) is 11.3 Å². The molecule has 0 fully saturated rings. The highest BCUT2D eigenvalue weighted by atomic mass is 35.5. The zero-order valence-electron chi connectivity index (χ0n) is 8.95. The average Bonchev–Trinajstić information content (AvgIpc) is 2.79. The van der Waals surface area contributed by atoms with Crippen molar-refractivity contribution in [2.24, 2.45) is 5.73 Å². The highest BCUT2D eigenvalue weighted by Crippen LogP contribution is 2.31. The summed E-state index contributed by atoms with van der Waals surface area (Å²) in [6, 6.07) is 7.08. The second-order valence-electron chi connectivity index (χ2n) is 3.47. The van der Waals surface area contributed by atoms with Gasteiger partial charge in [0, 0.05) is 12.1 Å². The second-order valence-corrected chi connectivity index (χ2v) is 4.25. The van der Waals surface area contributed by atoms with Crippen molar-refractivity contribution in [1.29, 1.82) is 0 Å². The number of rotatable bonds is 4. The Morgan fingerprint density at radius 3 is 2.82 bits per heavy atom. The van der Waals surface area contributed by atoms with Gasteiger partial charge in [0.15, 0.2) is 0 Å². The number of halogens is 2. The Balaban J connectivity index is 2.04.